The number of carboxylic acids is 1. The molecule has 0 unspecified atom stereocenters. The van der Waals surface area contributed by atoms with Crippen molar-refractivity contribution < 1.29 is 9.90 Å². The first-order valence-electron chi connectivity index (χ1n) is 10.6. The van der Waals surface area contributed by atoms with Crippen molar-refractivity contribution >= 4 is 27.8 Å². The summed E-state index contributed by atoms with van der Waals surface area (Å²) >= 11 is 0. The number of hydrogen-bond donors (Lipinski definition) is 2. The van der Waals surface area contributed by atoms with Gasteiger partial charge in [-0.2, -0.15) is 5.10 Å². The SMILES string of the molecule is O=C(O)Cn1ccc2cc(CN3CCC[C@@H](Cc4ccc5[nH]ncc5c4)C3)ccc21. The minimum Gasteiger partial charge on any atom is -0.480 e. The van der Waals surface area contributed by atoms with Crippen LogP contribution < -0.4 is 0 Å². The maximum atomic E-state index is 11.0. The molecule has 1 saturated heterocycles. The van der Waals surface area contributed by atoms with Crippen LogP contribution in [0.3, 0.4) is 0 Å². The summed E-state index contributed by atoms with van der Waals surface area (Å²) in [7, 11) is 0. The third kappa shape index (κ3) is 3.96. The van der Waals surface area contributed by atoms with E-state index in [0.29, 0.717) is 5.92 Å². The van der Waals surface area contributed by atoms with Crippen LogP contribution in [-0.2, 0) is 24.3 Å². The summed E-state index contributed by atoms with van der Waals surface area (Å²) in [6, 6.07) is 15.0. The molecule has 0 amide bonds. The highest BCUT2D eigenvalue weighted by Crippen LogP contribution is 2.25. The average Bonchev–Trinajstić information content (AvgIpc) is 3.34. The summed E-state index contributed by atoms with van der Waals surface area (Å²) in [5, 5.41) is 18.5. The van der Waals surface area contributed by atoms with Crippen molar-refractivity contribution in [3.63, 3.8) is 0 Å². The Morgan fingerprint density at radius 2 is 2.00 bits per heavy atom. The van der Waals surface area contributed by atoms with Crippen molar-refractivity contribution in [2.24, 2.45) is 5.92 Å². The lowest BCUT2D eigenvalue weighted by molar-refractivity contribution is -0.137. The lowest BCUT2D eigenvalue weighted by Crippen LogP contribution is -2.35. The van der Waals surface area contributed by atoms with Crippen LogP contribution in [-0.4, -0.2) is 43.8 Å². The van der Waals surface area contributed by atoms with Gasteiger partial charge in [-0.05, 0) is 78.6 Å². The predicted octanol–water partition coefficient (Wildman–Crippen LogP) is 4.06. The highest BCUT2D eigenvalue weighted by Gasteiger charge is 2.20. The van der Waals surface area contributed by atoms with Gasteiger partial charge in [0.05, 0.1) is 11.7 Å². The number of aromatic amines is 1. The summed E-state index contributed by atoms with van der Waals surface area (Å²) in [5.41, 5.74) is 4.75. The molecule has 2 aromatic carbocycles. The van der Waals surface area contributed by atoms with Gasteiger partial charge in [0.15, 0.2) is 0 Å². The first-order valence-corrected chi connectivity index (χ1v) is 10.6. The monoisotopic (exact) mass is 402 g/mol. The number of aliphatic carboxylic acids is 1. The summed E-state index contributed by atoms with van der Waals surface area (Å²) in [4.78, 5) is 13.6. The normalized spacial score (nSPS) is 17.7. The number of nitrogens with zero attached hydrogens (tertiary/aromatic N) is 3. The van der Waals surface area contributed by atoms with Crippen molar-refractivity contribution in [3.8, 4) is 0 Å². The number of nitrogens with one attached hydrogen (secondary N) is 1. The number of carboxylic acid groups (broad SMARTS) is 1. The Balaban J connectivity index is 1.25. The molecule has 3 heterocycles. The Morgan fingerprint density at radius 3 is 2.90 bits per heavy atom. The zero-order chi connectivity index (χ0) is 20.5. The standard InChI is InChI=1S/C24H26N4O2/c29-24(30)16-28-9-7-20-12-19(4-6-23(20)28)15-27-8-1-2-18(14-27)10-17-3-5-22-21(11-17)13-25-26-22/h3-7,9,11-13,18H,1-2,8,10,14-16H2,(H,25,26)(H,29,30)/t18-/m0/s1. The number of carbonyl (C=O) groups is 1. The third-order valence-electron chi connectivity index (χ3n) is 6.18. The Hall–Kier alpha value is -3.12. The summed E-state index contributed by atoms with van der Waals surface area (Å²) < 4.78 is 1.79. The second-order valence-corrected chi connectivity index (χ2v) is 8.47. The molecule has 0 bridgehead atoms. The first kappa shape index (κ1) is 18.9. The fourth-order valence-electron chi connectivity index (χ4n) is 4.80. The third-order valence-corrected chi connectivity index (χ3v) is 6.18. The number of piperidine rings is 1. The van der Waals surface area contributed by atoms with Gasteiger partial charge in [0.1, 0.15) is 6.54 Å². The second-order valence-electron chi connectivity index (χ2n) is 8.47. The molecule has 154 valence electrons. The van der Waals surface area contributed by atoms with Gasteiger partial charge in [-0.25, -0.2) is 0 Å². The number of rotatable bonds is 6. The minimum atomic E-state index is -0.817. The molecule has 0 spiro atoms. The largest absolute Gasteiger partial charge is 0.480 e. The molecular formula is C24H26N4O2. The van der Waals surface area contributed by atoms with Crippen molar-refractivity contribution in [1.82, 2.24) is 19.7 Å². The van der Waals surface area contributed by atoms with E-state index >= 15 is 0 Å². The minimum absolute atomic E-state index is 0.00125. The highest BCUT2D eigenvalue weighted by molar-refractivity contribution is 5.82. The lowest BCUT2D eigenvalue weighted by Gasteiger charge is -2.33. The molecular weight excluding hydrogens is 376 g/mol. The molecule has 2 aromatic heterocycles. The van der Waals surface area contributed by atoms with E-state index in [1.165, 1.54) is 29.4 Å². The van der Waals surface area contributed by atoms with Crippen LogP contribution in [0.15, 0.2) is 54.9 Å². The van der Waals surface area contributed by atoms with Gasteiger partial charge < -0.3 is 9.67 Å². The second kappa shape index (κ2) is 7.95. The molecule has 0 radical (unpaired) electrons. The van der Waals surface area contributed by atoms with Crippen molar-refractivity contribution in [1.29, 1.82) is 0 Å². The maximum absolute atomic E-state index is 11.0. The van der Waals surface area contributed by atoms with Gasteiger partial charge >= 0.3 is 5.97 Å². The number of H-pyrrole nitrogens is 1. The van der Waals surface area contributed by atoms with Gasteiger partial charge in [0.25, 0.3) is 0 Å². The van der Waals surface area contributed by atoms with E-state index in [0.717, 1.165) is 42.5 Å². The summed E-state index contributed by atoms with van der Waals surface area (Å²) in [5.74, 6) is -0.147. The topological polar surface area (TPSA) is 74.2 Å². The highest BCUT2D eigenvalue weighted by atomic mass is 16.4. The number of aromatic nitrogens is 3. The molecule has 4 aromatic rings. The maximum Gasteiger partial charge on any atom is 0.323 e. The smallest absolute Gasteiger partial charge is 0.323 e. The Bertz CT molecular complexity index is 1190. The molecule has 1 aliphatic rings. The Kier molecular flexibility index (Phi) is 5.01. The van der Waals surface area contributed by atoms with Crippen molar-refractivity contribution in [2.75, 3.05) is 13.1 Å². The molecule has 1 fully saturated rings. The van der Waals surface area contributed by atoms with E-state index in [-0.39, 0.29) is 6.54 Å². The number of likely N-dealkylation sites (tertiary alicyclic amines) is 1. The summed E-state index contributed by atoms with van der Waals surface area (Å²) in [6.45, 7) is 3.19. The van der Waals surface area contributed by atoms with Crippen molar-refractivity contribution in [3.05, 3.63) is 66.0 Å². The fraction of sp³-hybridized carbons (Fsp3) is 0.333. The van der Waals surface area contributed by atoms with Gasteiger partial charge in [-0.3, -0.25) is 14.8 Å². The average molecular weight is 402 g/mol. The first-order chi connectivity index (χ1) is 14.6. The molecule has 5 rings (SSSR count). The van der Waals surface area contributed by atoms with Crippen LogP contribution in [0.1, 0.15) is 24.0 Å². The molecule has 6 heteroatoms. The zero-order valence-corrected chi connectivity index (χ0v) is 16.9. The number of fused-ring (bicyclic) bond motifs is 2. The van der Waals surface area contributed by atoms with Gasteiger partial charge in [-0.1, -0.05) is 12.1 Å². The van der Waals surface area contributed by atoms with Crippen LogP contribution >= 0.6 is 0 Å². The molecule has 0 saturated carbocycles. The molecule has 1 aliphatic heterocycles. The predicted molar refractivity (Wildman–Crippen MR) is 117 cm³/mol. The van der Waals surface area contributed by atoms with Crippen molar-refractivity contribution in [2.45, 2.75) is 32.4 Å². The molecule has 0 aliphatic carbocycles. The molecule has 6 nitrogen and oxygen atoms in total. The quantitative estimate of drug-likeness (QED) is 0.510. The number of hydrogen-bond acceptors (Lipinski definition) is 3. The van der Waals surface area contributed by atoms with Crippen LogP contribution in [0, 0.1) is 5.92 Å². The fourth-order valence-corrected chi connectivity index (χ4v) is 4.80. The summed E-state index contributed by atoms with van der Waals surface area (Å²) in [6.07, 6.45) is 7.36. The van der Waals surface area contributed by atoms with Gasteiger partial charge in [0.2, 0.25) is 0 Å². The Labute approximate surface area is 175 Å². The van der Waals surface area contributed by atoms with Crippen LogP contribution in [0.25, 0.3) is 21.8 Å². The van der Waals surface area contributed by atoms with Gasteiger partial charge in [-0.15, -0.1) is 0 Å². The zero-order valence-electron chi connectivity index (χ0n) is 16.9. The van der Waals surface area contributed by atoms with Crippen LogP contribution in [0.2, 0.25) is 0 Å². The van der Waals surface area contributed by atoms with Crippen LogP contribution in [0.4, 0.5) is 0 Å². The van der Waals surface area contributed by atoms with E-state index in [4.69, 9.17) is 5.11 Å². The van der Waals surface area contributed by atoms with E-state index in [9.17, 15) is 4.79 Å². The van der Waals surface area contributed by atoms with E-state index < -0.39 is 5.97 Å². The molecule has 2 N–H and O–H groups in total. The Morgan fingerprint density at radius 1 is 1.13 bits per heavy atom. The van der Waals surface area contributed by atoms with E-state index in [1.54, 1.807) is 4.57 Å². The van der Waals surface area contributed by atoms with Crippen LogP contribution in [0.5, 0.6) is 0 Å². The van der Waals surface area contributed by atoms with Gasteiger partial charge in [0, 0.05) is 30.2 Å². The lowest BCUT2D eigenvalue weighted by atomic mass is 9.90. The molecule has 30 heavy (non-hydrogen) atoms. The van der Waals surface area contributed by atoms with E-state index in [1.807, 2.05) is 18.5 Å². The molecule has 1 atom stereocenters. The van der Waals surface area contributed by atoms with E-state index in [2.05, 4.69) is 51.5 Å². The number of benzene rings is 2.